The third-order valence-corrected chi connectivity index (χ3v) is 2.49. The maximum Gasteiger partial charge on any atom is 0.222 e. The van der Waals surface area contributed by atoms with Crippen LogP contribution in [-0.4, -0.2) is 24.4 Å². The van der Waals surface area contributed by atoms with Gasteiger partial charge in [0.2, 0.25) is 5.91 Å². The van der Waals surface area contributed by atoms with Crippen LogP contribution in [0.25, 0.3) is 0 Å². The number of amides is 1. The fraction of sp³-hybridized carbons (Fsp3) is 0.923. The summed E-state index contributed by atoms with van der Waals surface area (Å²) in [5, 5.41) is 0. The van der Waals surface area contributed by atoms with Gasteiger partial charge in [-0.25, -0.2) is 0 Å². The molecule has 0 saturated heterocycles. The van der Waals surface area contributed by atoms with Crippen LogP contribution in [0.4, 0.5) is 0 Å². The minimum Gasteiger partial charge on any atom is -0.346 e. The molecule has 0 saturated carbocycles. The van der Waals surface area contributed by atoms with Crippen molar-refractivity contribution in [2.24, 2.45) is 11.8 Å². The van der Waals surface area contributed by atoms with Crippen molar-refractivity contribution in [2.75, 3.05) is 13.6 Å². The second kappa shape index (κ2) is 7.72. The van der Waals surface area contributed by atoms with Crippen molar-refractivity contribution in [2.45, 2.75) is 53.4 Å². The highest BCUT2D eigenvalue weighted by Gasteiger charge is 2.09. The number of hydrogen-bond donors (Lipinski definition) is 0. The molecular formula is C13H27NO. The average Bonchev–Trinajstić information content (AvgIpc) is 2.10. The summed E-state index contributed by atoms with van der Waals surface area (Å²) in [6.07, 6.45) is 4.18. The fourth-order valence-corrected chi connectivity index (χ4v) is 1.67. The van der Waals surface area contributed by atoms with E-state index in [0.717, 1.165) is 25.3 Å². The Kier molecular flexibility index (Phi) is 7.45. The maximum absolute atomic E-state index is 11.6. The van der Waals surface area contributed by atoms with Crippen LogP contribution in [0.1, 0.15) is 53.4 Å². The molecule has 0 aromatic rings. The maximum atomic E-state index is 11.6. The van der Waals surface area contributed by atoms with Gasteiger partial charge in [0.1, 0.15) is 0 Å². The molecule has 0 spiro atoms. The first-order valence-corrected chi connectivity index (χ1v) is 6.17. The first kappa shape index (κ1) is 14.5. The summed E-state index contributed by atoms with van der Waals surface area (Å²) in [6, 6.07) is 0. The molecule has 0 radical (unpaired) electrons. The van der Waals surface area contributed by atoms with Gasteiger partial charge in [0, 0.05) is 20.0 Å². The van der Waals surface area contributed by atoms with Crippen molar-refractivity contribution in [1.29, 1.82) is 0 Å². The predicted octanol–water partition coefficient (Wildman–Crippen LogP) is 3.32. The Balaban J connectivity index is 3.56. The van der Waals surface area contributed by atoms with Crippen LogP contribution in [0.5, 0.6) is 0 Å². The zero-order valence-corrected chi connectivity index (χ0v) is 11.0. The Morgan fingerprint density at radius 1 is 1.07 bits per heavy atom. The van der Waals surface area contributed by atoms with Crippen molar-refractivity contribution in [3.8, 4) is 0 Å². The van der Waals surface area contributed by atoms with Gasteiger partial charge < -0.3 is 4.90 Å². The van der Waals surface area contributed by atoms with E-state index in [4.69, 9.17) is 0 Å². The Morgan fingerprint density at radius 2 is 1.67 bits per heavy atom. The molecule has 0 heterocycles. The van der Waals surface area contributed by atoms with Crippen LogP contribution < -0.4 is 0 Å². The lowest BCUT2D eigenvalue weighted by Gasteiger charge is -2.19. The van der Waals surface area contributed by atoms with Gasteiger partial charge in [0.05, 0.1) is 0 Å². The summed E-state index contributed by atoms with van der Waals surface area (Å²) in [5.74, 6) is 1.62. The minimum atomic E-state index is 0.299. The van der Waals surface area contributed by atoms with Gasteiger partial charge in [-0.05, 0) is 18.3 Å². The van der Waals surface area contributed by atoms with Gasteiger partial charge in [-0.3, -0.25) is 4.79 Å². The third kappa shape index (κ3) is 8.46. The monoisotopic (exact) mass is 213 g/mol. The zero-order valence-electron chi connectivity index (χ0n) is 11.0. The molecule has 0 rings (SSSR count). The molecule has 0 aliphatic rings. The molecule has 15 heavy (non-hydrogen) atoms. The van der Waals surface area contributed by atoms with Gasteiger partial charge in [-0.1, -0.05) is 40.5 Å². The quantitative estimate of drug-likeness (QED) is 0.594. The summed E-state index contributed by atoms with van der Waals surface area (Å²) in [6.45, 7) is 9.62. The number of unbranched alkanes of at least 4 members (excludes halogenated alkanes) is 1. The Bertz CT molecular complexity index is 175. The second-order valence-corrected chi connectivity index (χ2v) is 5.31. The zero-order chi connectivity index (χ0) is 11.8. The molecule has 2 heteroatoms. The lowest BCUT2D eigenvalue weighted by Crippen LogP contribution is -2.29. The topological polar surface area (TPSA) is 20.3 Å². The van der Waals surface area contributed by atoms with E-state index in [1.807, 2.05) is 11.9 Å². The lowest BCUT2D eigenvalue weighted by molar-refractivity contribution is -0.130. The van der Waals surface area contributed by atoms with Crippen molar-refractivity contribution in [3.05, 3.63) is 0 Å². The van der Waals surface area contributed by atoms with E-state index < -0.39 is 0 Å². The van der Waals surface area contributed by atoms with Crippen molar-refractivity contribution >= 4 is 5.91 Å². The average molecular weight is 213 g/mol. The van der Waals surface area contributed by atoms with Crippen molar-refractivity contribution in [1.82, 2.24) is 4.90 Å². The summed E-state index contributed by atoms with van der Waals surface area (Å²) >= 11 is 0. The van der Waals surface area contributed by atoms with Gasteiger partial charge in [-0.2, -0.15) is 0 Å². The molecule has 0 aliphatic heterocycles. The summed E-state index contributed by atoms with van der Waals surface area (Å²) in [5.41, 5.74) is 0. The van der Waals surface area contributed by atoms with Crippen LogP contribution >= 0.6 is 0 Å². The van der Waals surface area contributed by atoms with Crippen LogP contribution in [0, 0.1) is 11.8 Å². The first-order valence-electron chi connectivity index (χ1n) is 6.17. The van der Waals surface area contributed by atoms with E-state index in [-0.39, 0.29) is 0 Å². The van der Waals surface area contributed by atoms with Gasteiger partial charge in [-0.15, -0.1) is 0 Å². The molecule has 0 atom stereocenters. The SMILES string of the molecule is CC(C)CCCCC(=O)N(C)CC(C)C. The number of nitrogens with zero attached hydrogens (tertiary/aromatic N) is 1. The molecule has 0 aromatic carbocycles. The summed E-state index contributed by atoms with van der Waals surface area (Å²) in [4.78, 5) is 13.5. The minimum absolute atomic E-state index is 0.299. The molecule has 0 aliphatic carbocycles. The molecule has 0 bridgehead atoms. The summed E-state index contributed by atoms with van der Waals surface area (Å²) in [7, 11) is 1.91. The van der Waals surface area contributed by atoms with Crippen LogP contribution in [-0.2, 0) is 4.79 Å². The second-order valence-electron chi connectivity index (χ2n) is 5.31. The van der Waals surface area contributed by atoms with Crippen LogP contribution in [0.15, 0.2) is 0 Å². The van der Waals surface area contributed by atoms with E-state index in [1.54, 1.807) is 0 Å². The van der Waals surface area contributed by atoms with Gasteiger partial charge in [0.15, 0.2) is 0 Å². The van der Waals surface area contributed by atoms with E-state index in [1.165, 1.54) is 12.8 Å². The number of carbonyl (C=O) groups excluding carboxylic acids is 1. The highest BCUT2D eigenvalue weighted by atomic mass is 16.2. The van der Waals surface area contributed by atoms with Crippen LogP contribution in [0.2, 0.25) is 0 Å². The van der Waals surface area contributed by atoms with E-state index >= 15 is 0 Å². The standard InChI is InChI=1S/C13H27NO/c1-11(2)8-6-7-9-13(15)14(5)10-12(3)4/h11-12H,6-10H2,1-5H3. The highest BCUT2D eigenvalue weighted by Crippen LogP contribution is 2.09. The van der Waals surface area contributed by atoms with Crippen molar-refractivity contribution in [3.63, 3.8) is 0 Å². The number of rotatable bonds is 7. The molecule has 2 nitrogen and oxygen atoms in total. The molecule has 1 amide bonds. The van der Waals surface area contributed by atoms with Gasteiger partial charge >= 0.3 is 0 Å². The molecule has 0 aromatic heterocycles. The molecular weight excluding hydrogens is 186 g/mol. The normalized spacial score (nSPS) is 11.1. The van der Waals surface area contributed by atoms with Gasteiger partial charge in [0.25, 0.3) is 0 Å². The third-order valence-electron chi connectivity index (χ3n) is 2.49. The molecule has 90 valence electrons. The molecule has 0 unspecified atom stereocenters. The van der Waals surface area contributed by atoms with Crippen molar-refractivity contribution < 1.29 is 4.79 Å². The Morgan fingerprint density at radius 3 is 2.13 bits per heavy atom. The molecule has 0 N–H and O–H groups in total. The largest absolute Gasteiger partial charge is 0.346 e. The first-order chi connectivity index (χ1) is 6.93. The Hall–Kier alpha value is -0.530. The summed E-state index contributed by atoms with van der Waals surface area (Å²) < 4.78 is 0. The Labute approximate surface area is 95.0 Å². The predicted molar refractivity (Wildman–Crippen MR) is 65.8 cm³/mol. The lowest BCUT2D eigenvalue weighted by atomic mass is 10.1. The van der Waals surface area contributed by atoms with Crippen LogP contribution in [0.3, 0.4) is 0 Å². The highest BCUT2D eigenvalue weighted by molar-refractivity contribution is 5.75. The van der Waals surface area contributed by atoms with E-state index in [2.05, 4.69) is 27.7 Å². The number of hydrogen-bond acceptors (Lipinski definition) is 1. The van der Waals surface area contributed by atoms with E-state index in [0.29, 0.717) is 11.8 Å². The van der Waals surface area contributed by atoms with E-state index in [9.17, 15) is 4.79 Å². The fourth-order valence-electron chi connectivity index (χ4n) is 1.67. The number of carbonyl (C=O) groups is 1. The molecule has 0 fully saturated rings. The smallest absolute Gasteiger partial charge is 0.222 e.